The number of amides is 1. The Balaban J connectivity index is 2.45. The summed E-state index contributed by atoms with van der Waals surface area (Å²) in [7, 11) is -2.38. The summed E-state index contributed by atoms with van der Waals surface area (Å²) in [5, 5.41) is 2.89. The first-order valence-corrected chi connectivity index (χ1v) is 9.58. The van der Waals surface area contributed by atoms with Gasteiger partial charge in [0.05, 0.1) is 11.3 Å². The first-order chi connectivity index (χ1) is 11.7. The SMILES string of the molecule is CCC(C)(C)NC(=O)c1ccccc1S(=O)(=O)N(C)c1ccccc1. The minimum absolute atomic E-state index is 0.00856. The van der Waals surface area contributed by atoms with Gasteiger partial charge in [-0.3, -0.25) is 9.10 Å². The number of anilines is 1. The lowest BCUT2D eigenvalue weighted by molar-refractivity contribution is 0.0908. The van der Waals surface area contributed by atoms with Gasteiger partial charge in [-0.15, -0.1) is 0 Å². The summed E-state index contributed by atoms with van der Waals surface area (Å²) in [5.74, 6) is -0.396. The maximum Gasteiger partial charge on any atom is 0.264 e. The molecule has 0 radical (unpaired) electrons. The number of nitrogens with zero attached hydrogens (tertiary/aromatic N) is 1. The van der Waals surface area contributed by atoms with Crippen molar-refractivity contribution in [3.63, 3.8) is 0 Å². The quantitative estimate of drug-likeness (QED) is 0.858. The van der Waals surface area contributed by atoms with Crippen molar-refractivity contribution < 1.29 is 13.2 Å². The fraction of sp³-hybridized carbons (Fsp3) is 0.316. The van der Waals surface area contributed by atoms with Crippen LogP contribution in [0.1, 0.15) is 37.6 Å². The first-order valence-electron chi connectivity index (χ1n) is 8.14. The largest absolute Gasteiger partial charge is 0.347 e. The van der Waals surface area contributed by atoms with Crippen LogP contribution in [0.2, 0.25) is 0 Å². The summed E-state index contributed by atoms with van der Waals surface area (Å²) < 4.78 is 27.3. The molecule has 0 aromatic heterocycles. The van der Waals surface area contributed by atoms with Gasteiger partial charge in [-0.2, -0.15) is 0 Å². The summed E-state index contributed by atoms with van der Waals surface area (Å²) in [5.41, 5.74) is 0.262. The van der Waals surface area contributed by atoms with E-state index in [1.165, 1.54) is 23.5 Å². The summed E-state index contributed by atoms with van der Waals surface area (Å²) in [6, 6.07) is 15.0. The first kappa shape index (κ1) is 19.0. The molecule has 134 valence electrons. The number of nitrogens with one attached hydrogen (secondary N) is 1. The topological polar surface area (TPSA) is 66.5 Å². The summed E-state index contributed by atoms with van der Waals surface area (Å²) in [6.07, 6.45) is 0.734. The van der Waals surface area contributed by atoms with Crippen LogP contribution in [-0.4, -0.2) is 26.9 Å². The average Bonchev–Trinajstić information content (AvgIpc) is 2.61. The number of carbonyl (C=O) groups is 1. The normalized spacial score (nSPS) is 11.8. The maximum atomic E-state index is 13.0. The van der Waals surface area contributed by atoms with Crippen LogP contribution in [0.5, 0.6) is 0 Å². The Morgan fingerprint density at radius 1 is 1.04 bits per heavy atom. The van der Waals surface area contributed by atoms with Crippen molar-refractivity contribution in [1.29, 1.82) is 0 Å². The summed E-state index contributed by atoms with van der Waals surface area (Å²) >= 11 is 0. The van der Waals surface area contributed by atoms with Crippen LogP contribution < -0.4 is 9.62 Å². The highest BCUT2D eigenvalue weighted by Gasteiger charge is 2.28. The molecule has 6 heteroatoms. The van der Waals surface area contributed by atoms with Crippen LogP contribution in [-0.2, 0) is 10.0 Å². The minimum atomic E-state index is -3.86. The van der Waals surface area contributed by atoms with Crippen LogP contribution in [0, 0.1) is 0 Å². The van der Waals surface area contributed by atoms with E-state index < -0.39 is 21.5 Å². The molecule has 0 heterocycles. The number of carbonyl (C=O) groups excluding carboxylic acids is 1. The van der Waals surface area contributed by atoms with Gasteiger partial charge in [0, 0.05) is 12.6 Å². The second-order valence-electron chi connectivity index (χ2n) is 6.50. The van der Waals surface area contributed by atoms with Crippen molar-refractivity contribution in [3.8, 4) is 0 Å². The number of sulfonamides is 1. The van der Waals surface area contributed by atoms with E-state index in [4.69, 9.17) is 0 Å². The highest BCUT2D eigenvalue weighted by Crippen LogP contribution is 2.24. The van der Waals surface area contributed by atoms with Gasteiger partial charge in [-0.05, 0) is 44.5 Å². The van der Waals surface area contributed by atoms with Crippen molar-refractivity contribution in [1.82, 2.24) is 5.32 Å². The molecule has 0 unspecified atom stereocenters. The fourth-order valence-electron chi connectivity index (χ4n) is 2.27. The minimum Gasteiger partial charge on any atom is -0.347 e. The fourth-order valence-corrected chi connectivity index (χ4v) is 3.65. The standard InChI is InChI=1S/C19H24N2O3S/c1-5-19(2,3)20-18(22)16-13-9-10-14-17(16)25(23,24)21(4)15-11-7-6-8-12-15/h6-14H,5H2,1-4H3,(H,20,22). The Bertz CT molecular complexity index is 846. The molecule has 0 aliphatic carbocycles. The molecular formula is C19H24N2O3S. The van der Waals surface area contributed by atoms with Gasteiger partial charge in [0.1, 0.15) is 4.90 Å². The Morgan fingerprint density at radius 3 is 2.20 bits per heavy atom. The highest BCUT2D eigenvalue weighted by molar-refractivity contribution is 7.92. The smallest absolute Gasteiger partial charge is 0.264 e. The van der Waals surface area contributed by atoms with Gasteiger partial charge in [0.25, 0.3) is 15.9 Å². The molecule has 2 aromatic carbocycles. The van der Waals surface area contributed by atoms with Crippen LogP contribution in [0.3, 0.4) is 0 Å². The van der Waals surface area contributed by atoms with Crippen molar-refractivity contribution in [3.05, 3.63) is 60.2 Å². The zero-order valence-electron chi connectivity index (χ0n) is 15.0. The molecule has 2 rings (SSSR count). The molecule has 25 heavy (non-hydrogen) atoms. The van der Waals surface area contributed by atoms with Crippen LogP contribution in [0.25, 0.3) is 0 Å². The molecule has 0 aliphatic rings. The van der Waals surface area contributed by atoms with Crippen molar-refractivity contribution in [2.75, 3.05) is 11.4 Å². The van der Waals surface area contributed by atoms with E-state index in [0.29, 0.717) is 5.69 Å². The molecule has 0 bridgehead atoms. The Morgan fingerprint density at radius 2 is 1.60 bits per heavy atom. The number of benzene rings is 2. The number of rotatable bonds is 6. The monoisotopic (exact) mass is 360 g/mol. The summed E-state index contributed by atoms with van der Waals surface area (Å²) in [4.78, 5) is 12.6. The lowest BCUT2D eigenvalue weighted by atomic mass is 10.0. The molecule has 0 saturated carbocycles. The van der Waals surface area contributed by atoms with Crippen LogP contribution in [0.15, 0.2) is 59.5 Å². The Hall–Kier alpha value is -2.34. The van der Waals surface area contributed by atoms with E-state index in [9.17, 15) is 13.2 Å². The van der Waals surface area contributed by atoms with Crippen molar-refractivity contribution >= 4 is 21.6 Å². The van der Waals surface area contributed by atoms with Gasteiger partial charge in [-0.25, -0.2) is 8.42 Å². The second-order valence-corrected chi connectivity index (χ2v) is 8.43. The summed E-state index contributed by atoms with van der Waals surface area (Å²) in [6.45, 7) is 5.77. The Labute approximate surface area is 149 Å². The van der Waals surface area contributed by atoms with Crippen molar-refractivity contribution in [2.24, 2.45) is 0 Å². The predicted molar refractivity (Wildman–Crippen MR) is 100 cm³/mol. The zero-order chi connectivity index (χ0) is 18.7. The van der Waals surface area contributed by atoms with E-state index in [2.05, 4.69) is 5.32 Å². The van der Waals surface area contributed by atoms with Crippen molar-refractivity contribution in [2.45, 2.75) is 37.6 Å². The third kappa shape index (κ3) is 4.20. The van der Waals surface area contributed by atoms with Gasteiger partial charge in [0.15, 0.2) is 0 Å². The third-order valence-corrected chi connectivity index (χ3v) is 6.07. The van der Waals surface area contributed by atoms with E-state index in [1.54, 1.807) is 36.4 Å². The number of hydrogen-bond acceptors (Lipinski definition) is 3. The average molecular weight is 360 g/mol. The van der Waals surface area contributed by atoms with E-state index in [-0.39, 0.29) is 10.5 Å². The highest BCUT2D eigenvalue weighted by atomic mass is 32.2. The number of para-hydroxylation sites is 1. The molecule has 2 aromatic rings. The maximum absolute atomic E-state index is 13.0. The Kier molecular flexibility index (Phi) is 5.52. The van der Waals surface area contributed by atoms with E-state index in [0.717, 1.165) is 6.42 Å². The van der Waals surface area contributed by atoms with Gasteiger partial charge in [0.2, 0.25) is 0 Å². The molecule has 0 atom stereocenters. The van der Waals surface area contributed by atoms with E-state index >= 15 is 0 Å². The molecule has 1 amide bonds. The second kappa shape index (κ2) is 7.27. The molecule has 0 saturated heterocycles. The number of hydrogen-bond donors (Lipinski definition) is 1. The van der Waals surface area contributed by atoms with Gasteiger partial charge >= 0.3 is 0 Å². The predicted octanol–water partition coefficient (Wildman–Crippen LogP) is 3.43. The lowest BCUT2D eigenvalue weighted by Crippen LogP contribution is -2.43. The molecule has 0 fully saturated rings. The zero-order valence-corrected chi connectivity index (χ0v) is 15.8. The molecule has 5 nitrogen and oxygen atoms in total. The van der Waals surface area contributed by atoms with Crippen LogP contribution >= 0.6 is 0 Å². The molecule has 1 N–H and O–H groups in total. The van der Waals surface area contributed by atoms with Gasteiger partial charge in [-0.1, -0.05) is 37.3 Å². The molecule has 0 spiro atoms. The lowest BCUT2D eigenvalue weighted by Gasteiger charge is -2.26. The molecular weight excluding hydrogens is 336 g/mol. The van der Waals surface area contributed by atoms with Gasteiger partial charge < -0.3 is 5.32 Å². The third-order valence-electron chi connectivity index (χ3n) is 4.23. The van der Waals surface area contributed by atoms with Crippen LogP contribution in [0.4, 0.5) is 5.69 Å². The molecule has 0 aliphatic heterocycles. The van der Waals surface area contributed by atoms with E-state index in [1.807, 2.05) is 26.8 Å².